The van der Waals surface area contributed by atoms with Gasteiger partial charge >= 0.3 is 0 Å². The number of hydrogen-bond donors (Lipinski definition) is 1. The number of likely N-dealkylation sites (N-methyl/N-ethyl adjacent to an activating group) is 2. The molecule has 9 nitrogen and oxygen atoms in total. The first-order chi connectivity index (χ1) is 13.5. The summed E-state index contributed by atoms with van der Waals surface area (Å²) in [5.41, 5.74) is -0.671. The second-order valence-corrected chi connectivity index (χ2v) is 7.46. The molecule has 1 atom stereocenters. The molecule has 0 spiro atoms. The van der Waals surface area contributed by atoms with Crippen molar-refractivity contribution in [2.75, 3.05) is 40.3 Å². The van der Waals surface area contributed by atoms with Gasteiger partial charge in [-0.25, -0.2) is 0 Å². The van der Waals surface area contributed by atoms with E-state index in [0.29, 0.717) is 39.1 Å². The van der Waals surface area contributed by atoms with Gasteiger partial charge in [0.25, 0.3) is 0 Å². The minimum absolute atomic E-state index is 0. The van der Waals surface area contributed by atoms with Crippen LogP contribution >= 0.6 is 37.2 Å². The maximum Gasteiger partial charge on any atom is 0.230 e. The van der Waals surface area contributed by atoms with Crippen LogP contribution in [0.25, 0.3) is 0 Å². The quantitative estimate of drug-likeness (QED) is 0.566. The second kappa shape index (κ2) is 13.6. The van der Waals surface area contributed by atoms with E-state index in [2.05, 4.69) is 15.5 Å². The van der Waals surface area contributed by atoms with Gasteiger partial charge in [0.2, 0.25) is 11.8 Å². The van der Waals surface area contributed by atoms with Crippen LogP contribution in [0.4, 0.5) is 0 Å². The van der Waals surface area contributed by atoms with Crippen molar-refractivity contribution in [3.05, 3.63) is 36.9 Å². The molecule has 12 heteroatoms. The Bertz CT molecular complexity index is 766. The zero-order valence-corrected chi connectivity index (χ0v) is 20.3. The van der Waals surface area contributed by atoms with E-state index in [9.17, 15) is 9.59 Å². The predicted molar refractivity (Wildman–Crippen MR) is 126 cm³/mol. The van der Waals surface area contributed by atoms with Crippen molar-refractivity contribution in [3.63, 3.8) is 0 Å². The van der Waals surface area contributed by atoms with Gasteiger partial charge in [-0.2, -0.15) is 10.2 Å². The van der Waals surface area contributed by atoms with Crippen LogP contribution in [0.5, 0.6) is 0 Å². The number of hydrogen-bond acceptors (Lipinski definition) is 5. The average Bonchev–Trinajstić information content (AvgIpc) is 3.46. The maximum atomic E-state index is 13.2. The van der Waals surface area contributed by atoms with E-state index in [1.54, 1.807) is 45.7 Å². The van der Waals surface area contributed by atoms with Gasteiger partial charge in [0.05, 0.1) is 18.5 Å². The highest BCUT2D eigenvalue weighted by atomic mass is 35.5. The van der Waals surface area contributed by atoms with Crippen molar-refractivity contribution in [2.45, 2.75) is 25.9 Å². The van der Waals surface area contributed by atoms with Crippen LogP contribution in [0.15, 0.2) is 36.9 Å². The molecule has 0 aliphatic carbocycles. The van der Waals surface area contributed by atoms with Gasteiger partial charge in [-0.05, 0) is 25.1 Å². The highest BCUT2D eigenvalue weighted by molar-refractivity contribution is 5.89. The van der Waals surface area contributed by atoms with Crippen LogP contribution in [0.1, 0.15) is 12.8 Å². The number of halogens is 3. The molecule has 3 heterocycles. The third kappa shape index (κ3) is 7.68. The molecule has 3 rings (SSSR count). The van der Waals surface area contributed by atoms with Gasteiger partial charge in [-0.15, -0.1) is 37.2 Å². The van der Waals surface area contributed by atoms with Crippen LogP contribution in [-0.2, 0) is 22.7 Å². The third-order valence-electron chi connectivity index (χ3n) is 5.41. The van der Waals surface area contributed by atoms with E-state index >= 15 is 0 Å². The summed E-state index contributed by atoms with van der Waals surface area (Å²) >= 11 is 0. The number of amides is 2. The monoisotopic (exact) mass is 495 g/mol. The Balaban J connectivity index is 0.00000300. The molecule has 2 aromatic rings. The lowest BCUT2D eigenvalue weighted by molar-refractivity contribution is -0.146. The number of aromatic nitrogens is 4. The van der Waals surface area contributed by atoms with E-state index in [-0.39, 0.29) is 55.5 Å². The first-order valence-electron chi connectivity index (χ1n) is 9.65. The number of nitrogens with one attached hydrogen (secondary N) is 1. The Hall–Kier alpha value is -1.81. The van der Waals surface area contributed by atoms with Crippen LogP contribution in [-0.4, -0.2) is 81.4 Å². The van der Waals surface area contributed by atoms with Crippen LogP contribution in [0, 0.1) is 5.41 Å². The molecule has 1 N–H and O–H groups in total. The molecule has 176 valence electrons. The molecule has 1 fully saturated rings. The summed E-state index contributed by atoms with van der Waals surface area (Å²) in [4.78, 5) is 29.4. The topological polar surface area (TPSA) is 88.3 Å². The number of nitrogens with zero attached hydrogens (tertiary/aromatic N) is 6. The third-order valence-corrected chi connectivity index (χ3v) is 5.41. The van der Waals surface area contributed by atoms with Gasteiger partial charge < -0.3 is 15.1 Å². The molecule has 1 saturated heterocycles. The number of carbonyl (C=O) groups is 2. The van der Waals surface area contributed by atoms with Crippen molar-refractivity contribution < 1.29 is 9.59 Å². The Labute approximate surface area is 201 Å². The number of rotatable bonds is 9. The minimum Gasteiger partial charge on any atom is -0.344 e. The molecule has 0 saturated carbocycles. The highest BCUT2D eigenvalue weighted by Crippen LogP contribution is 2.32. The lowest BCUT2D eigenvalue weighted by Crippen LogP contribution is -2.47. The standard InChI is InChI=1S/C19H29N7O2.3ClH/c1-23(11-13-25-9-3-6-21-25)17(27)15-19(5-8-20-16-19)18(28)24(2)12-14-26-10-4-7-22-26;;;/h3-4,6-7,9-10,20H,5,8,11-16H2,1-2H3;3*1H. The van der Waals surface area contributed by atoms with Crippen molar-refractivity contribution in [1.82, 2.24) is 34.7 Å². The summed E-state index contributed by atoms with van der Waals surface area (Å²) in [6, 6.07) is 3.72. The van der Waals surface area contributed by atoms with E-state index in [0.717, 1.165) is 6.54 Å². The van der Waals surface area contributed by atoms with Crippen molar-refractivity contribution in [1.29, 1.82) is 0 Å². The van der Waals surface area contributed by atoms with E-state index in [1.165, 1.54) is 0 Å². The molecular formula is C19H32Cl3N7O2. The maximum absolute atomic E-state index is 13.2. The first-order valence-corrected chi connectivity index (χ1v) is 9.65. The van der Waals surface area contributed by atoms with Crippen LogP contribution < -0.4 is 5.32 Å². The van der Waals surface area contributed by atoms with Crippen molar-refractivity contribution in [3.8, 4) is 0 Å². The van der Waals surface area contributed by atoms with E-state index in [4.69, 9.17) is 0 Å². The molecular weight excluding hydrogens is 465 g/mol. The highest BCUT2D eigenvalue weighted by Gasteiger charge is 2.44. The molecule has 1 aliphatic heterocycles. The average molecular weight is 497 g/mol. The molecule has 0 bridgehead atoms. The van der Waals surface area contributed by atoms with Crippen molar-refractivity contribution >= 4 is 49.0 Å². The molecule has 1 unspecified atom stereocenters. The summed E-state index contributed by atoms with van der Waals surface area (Å²) in [5.74, 6) is 0.0168. The first kappa shape index (κ1) is 29.2. The summed E-state index contributed by atoms with van der Waals surface area (Å²) in [6.45, 7) is 3.69. The molecule has 1 aliphatic rings. The van der Waals surface area contributed by atoms with Gasteiger partial charge in [-0.1, -0.05) is 0 Å². The summed E-state index contributed by atoms with van der Waals surface area (Å²) in [6.07, 6.45) is 8.10. The van der Waals surface area contributed by atoms with E-state index < -0.39 is 5.41 Å². The fourth-order valence-corrected chi connectivity index (χ4v) is 3.58. The second-order valence-electron chi connectivity index (χ2n) is 7.46. The van der Waals surface area contributed by atoms with Gasteiger partial charge in [0.15, 0.2) is 0 Å². The molecule has 2 amide bonds. The Morgan fingerprint density at radius 2 is 1.52 bits per heavy atom. The van der Waals surface area contributed by atoms with Crippen LogP contribution in [0.2, 0.25) is 0 Å². The SMILES string of the molecule is CN(CCn1cccn1)C(=O)CC1(C(=O)N(C)CCn2cccn2)CCNC1.Cl.Cl.Cl. The Morgan fingerprint density at radius 3 is 1.97 bits per heavy atom. The lowest BCUT2D eigenvalue weighted by Gasteiger charge is -2.32. The Morgan fingerprint density at radius 1 is 0.968 bits per heavy atom. The van der Waals surface area contributed by atoms with Gasteiger partial charge in [-0.3, -0.25) is 19.0 Å². The zero-order chi connectivity index (χ0) is 20.0. The fraction of sp³-hybridized carbons (Fsp3) is 0.579. The normalized spacial score (nSPS) is 17.1. The van der Waals surface area contributed by atoms with Gasteiger partial charge in [0.1, 0.15) is 0 Å². The zero-order valence-electron chi connectivity index (χ0n) is 17.8. The summed E-state index contributed by atoms with van der Waals surface area (Å²) in [5, 5.41) is 11.6. The smallest absolute Gasteiger partial charge is 0.230 e. The summed E-state index contributed by atoms with van der Waals surface area (Å²) < 4.78 is 3.60. The molecule has 0 radical (unpaired) electrons. The number of carbonyl (C=O) groups excluding carboxylic acids is 2. The van der Waals surface area contributed by atoms with Crippen molar-refractivity contribution in [2.24, 2.45) is 5.41 Å². The van der Waals surface area contributed by atoms with E-state index in [1.807, 2.05) is 24.5 Å². The van der Waals surface area contributed by atoms with Gasteiger partial charge in [0, 0.05) is 64.9 Å². The lowest BCUT2D eigenvalue weighted by atomic mass is 9.81. The molecule has 31 heavy (non-hydrogen) atoms. The largest absolute Gasteiger partial charge is 0.344 e. The minimum atomic E-state index is -0.671. The fourth-order valence-electron chi connectivity index (χ4n) is 3.58. The molecule has 0 aromatic carbocycles. The van der Waals surface area contributed by atoms with Crippen LogP contribution in [0.3, 0.4) is 0 Å². The Kier molecular flexibility index (Phi) is 12.8. The molecule has 2 aromatic heterocycles. The summed E-state index contributed by atoms with van der Waals surface area (Å²) in [7, 11) is 3.59. The predicted octanol–water partition coefficient (Wildman–Crippen LogP) is 1.33.